The minimum Gasteiger partial charge on any atom is -0.454 e. The number of nitrogens with zero attached hydrogens (tertiary/aromatic N) is 2. The van der Waals surface area contributed by atoms with Crippen molar-refractivity contribution in [3.05, 3.63) is 59.3 Å². The fraction of sp³-hybridized carbons (Fsp3) is 0.0556. The van der Waals surface area contributed by atoms with Crippen LogP contribution in [0.2, 0.25) is 0 Å². The molecular formula is C18H9F2IN2O2S. The average Bonchev–Trinajstić information content (AvgIpc) is 3.05. The van der Waals surface area contributed by atoms with Gasteiger partial charge in [-0.3, -0.25) is 3.97 Å². The van der Waals surface area contributed by atoms with Crippen molar-refractivity contribution in [3.8, 4) is 29.9 Å². The molecule has 0 radical (unpaired) electrons. The van der Waals surface area contributed by atoms with E-state index in [1.54, 1.807) is 22.3 Å². The lowest BCUT2D eigenvalue weighted by atomic mass is 10.0. The van der Waals surface area contributed by atoms with Crippen molar-refractivity contribution in [2.75, 3.05) is 0 Å². The van der Waals surface area contributed by atoms with Crippen LogP contribution in [0.4, 0.5) is 8.78 Å². The maximum absolute atomic E-state index is 14.7. The van der Waals surface area contributed by atoms with E-state index >= 15 is 0 Å². The van der Waals surface area contributed by atoms with E-state index in [9.17, 15) is 13.9 Å². The Bertz CT molecular complexity index is 1090. The number of aromatic nitrogens is 1. The molecule has 2 aromatic carbocycles. The van der Waals surface area contributed by atoms with Gasteiger partial charge in [0.05, 0.1) is 11.1 Å². The topological polar surface area (TPSA) is 58.2 Å². The van der Waals surface area contributed by atoms with Gasteiger partial charge in [0.15, 0.2) is 11.6 Å². The number of nitriles is 1. The number of ether oxygens (including phenoxy) is 1. The number of aliphatic hydroxyl groups excluding tert-OH is 1. The van der Waals surface area contributed by atoms with Crippen molar-refractivity contribution in [2.24, 2.45) is 0 Å². The zero-order valence-electron chi connectivity index (χ0n) is 12.9. The normalized spacial score (nSPS) is 11.8. The van der Waals surface area contributed by atoms with Gasteiger partial charge in [-0.05, 0) is 18.2 Å². The summed E-state index contributed by atoms with van der Waals surface area (Å²) in [6.45, 7) is 0. The summed E-state index contributed by atoms with van der Waals surface area (Å²) in [7, 11) is 1.33. The molecule has 130 valence electrons. The summed E-state index contributed by atoms with van der Waals surface area (Å²) >= 11 is 2.04. The highest BCUT2D eigenvalue weighted by Gasteiger charge is 2.23. The van der Waals surface area contributed by atoms with Gasteiger partial charge in [-0.1, -0.05) is 5.92 Å². The van der Waals surface area contributed by atoms with Crippen LogP contribution >= 0.6 is 30.3 Å². The third-order valence-corrected chi connectivity index (χ3v) is 5.43. The Labute approximate surface area is 164 Å². The van der Waals surface area contributed by atoms with E-state index in [0.29, 0.717) is 10.9 Å². The molecule has 4 nitrogen and oxygen atoms in total. The lowest BCUT2D eigenvalue weighted by Crippen LogP contribution is -2.02. The van der Waals surface area contributed by atoms with Crippen LogP contribution in [0.3, 0.4) is 0 Å². The van der Waals surface area contributed by atoms with Gasteiger partial charge in [0.1, 0.15) is 23.7 Å². The van der Waals surface area contributed by atoms with Crippen LogP contribution in [0.25, 0.3) is 10.9 Å². The Kier molecular flexibility index (Phi) is 5.37. The molecular weight excluding hydrogens is 473 g/mol. The van der Waals surface area contributed by atoms with E-state index in [1.807, 2.05) is 21.2 Å². The summed E-state index contributed by atoms with van der Waals surface area (Å²) in [5.74, 6) is 0.493. The molecule has 1 N–H and O–H groups in total. The molecule has 0 fully saturated rings. The van der Waals surface area contributed by atoms with E-state index in [4.69, 9.17) is 16.4 Å². The first-order valence-electron chi connectivity index (χ1n) is 7.14. The Morgan fingerprint density at radius 3 is 2.69 bits per heavy atom. The molecule has 0 aliphatic heterocycles. The van der Waals surface area contributed by atoms with Crippen LogP contribution < -0.4 is 4.74 Å². The highest BCUT2D eigenvalue weighted by atomic mass is 127. The molecule has 3 aromatic rings. The predicted molar refractivity (Wildman–Crippen MR) is 104 cm³/mol. The summed E-state index contributed by atoms with van der Waals surface area (Å²) in [6.07, 6.45) is 5.63. The maximum atomic E-state index is 14.7. The Morgan fingerprint density at radius 2 is 2.04 bits per heavy atom. The lowest BCUT2D eigenvalue weighted by molar-refractivity contribution is 0.234. The number of benzene rings is 2. The van der Waals surface area contributed by atoms with Crippen LogP contribution in [0.1, 0.15) is 17.2 Å². The molecule has 0 spiro atoms. The molecule has 0 amide bonds. The molecule has 3 rings (SSSR count). The fourth-order valence-electron chi connectivity index (χ4n) is 2.52. The SMILES string of the molecule is C#CC(O)c1c(Oc2ccc(F)c(C#N)c2)c(F)cc2c1ccn2SI. The van der Waals surface area contributed by atoms with Crippen molar-refractivity contribution < 1.29 is 18.6 Å². The van der Waals surface area contributed by atoms with Gasteiger partial charge in [0.2, 0.25) is 0 Å². The van der Waals surface area contributed by atoms with Gasteiger partial charge in [0.25, 0.3) is 0 Å². The molecule has 0 saturated carbocycles. The van der Waals surface area contributed by atoms with Crippen molar-refractivity contribution in [1.29, 1.82) is 5.26 Å². The lowest BCUT2D eigenvalue weighted by Gasteiger charge is -2.16. The van der Waals surface area contributed by atoms with Crippen molar-refractivity contribution in [1.82, 2.24) is 3.97 Å². The molecule has 1 atom stereocenters. The van der Waals surface area contributed by atoms with Gasteiger partial charge in [-0.2, -0.15) is 5.26 Å². The quantitative estimate of drug-likeness (QED) is 0.416. The molecule has 1 unspecified atom stereocenters. The molecule has 0 saturated heterocycles. The second kappa shape index (κ2) is 7.54. The van der Waals surface area contributed by atoms with Crippen LogP contribution in [-0.4, -0.2) is 9.08 Å². The maximum Gasteiger partial charge on any atom is 0.170 e. The summed E-state index contributed by atoms with van der Waals surface area (Å²) in [4.78, 5) is 0. The summed E-state index contributed by atoms with van der Waals surface area (Å²) in [6, 6.07) is 8.10. The zero-order chi connectivity index (χ0) is 18.8. The van der Waals surface area contributed by atoms with E-state index in [0.717, 1.165) is 12.1 Å². The Balaban J connectivity index is 2.21. The van der Waals surface area contributed by atoms with Gasteiger partial charge in [-0.25, -0.2) is 8.78 Å². The first-order valence-corrected chi connectivity index (χ1v) is 10.5. The smallest absolute Gasteiger partial charge is 0.170 e. The van der Waals surface area contributed by atoms with Crippen LogP contribution in [0.15, 0.2) is 36.5 Å². The molecule has 0 bridgehead atoms. The number of hydrogen-bond acceptors (Lipinski definition) is 4. The number of halogens is 3. The number of rotatable bonds is 4. The Morgan fingerprint density at radius 1 is 1.27 bits per heavy atom. The second-order valence-corrected chi connectivity index (χ2v) is 6.88. The highest BCUT2D eigenvalue weighted by molar-refractivity contribution is 14.2. The van der Waals surface area contributed by atoms with E-state index in [2.05, 4.69) is 5.92 Å². The van der Waals surface area contributed by atoms with E-state index < -0.39 is 17.7 Å². The first-order chi connectivity index (χ1) is 12.5. The fourth-order valence-corrected chi connectivity index (χ4v) is 3.89. The van der Waals surface area contributed by atoms with Crippen molar-refractivity contribution in [3.63, 3.8) is 0 Å². The standard InChI is InChI=1S/C18H9F2IN2O2S/c1-2-16(24)17-12-5-6-23(26-21)15(12)8-14(20)18(17)25-11-3-4-13(19)10(7-11)9-22/h1,3-8,16,24H. The minimum absolute atomic E-state index is 0.0503. The third kappa shape index (κ3) is 3.23. The second-order valence-electron chi connectivity index (χ2n) is 5.17. The van der Waals surface area contributed by atoms with Gasteiger partial charge < -0.3 is 9.84 Å². The summed E-state index contributed by atoms with van der Waals surface area (Å²) in [5, 5.41) is 19.7. The van der Waals surface area contributed by atoms with E-state index in [-0.39, 0.29) is 22.6 Å². The number of hydrogen-bond donors (Lipinski definition) is 1. The van der Waals surface area contributed by atoms with Crippen LogP contribution in [0, 0.1) is 35.3 Å². The van der Waals surface area contributed by atoms with Crippen LogP contribution in [0.5, 0.6) is 11.5 Å². The summed E-state index contributed by atoms with van der Waals surface area (Å²) in [5.41, 5.74) is 0.375. The van der Waals surface area contributed by atoms with Crippen molar-refractivity contribution >= 4 is 41.2 Å². The molecule has 8 heteroatoms. The number of fused-ring (bicyclic) bond motifs is 1. The van der Waals surface area contributed by atoms with Crippen molar-refractivity contribution in [2.45, 2.75) is 6.10 Å². The monoisotopic (exact) mass is 482 g/mol. The number of aliphatic hydroxyl groups is 1. The zero-order valence-corrected chi connectivity index (χ0v) is 15.9. The largest absolute Gasteiger partial charge is 0.454 e. The van der Waals surface area contributed by atoms with Gasteiger partial charge in [0, 0.05) is 59.6 Å². The highest BCUT2D eigenvalue weighted by Crippen LogP contribution is 2.40. The van der Waals surface area contributed by atoms with Gasteiger partial charge >= 0.3 is 0 Å². The molecule has 1 aromatic heterocycles. The van der Waals surface area contributed by atoms with Crippen LogP contribution in [-0.2, 0) is 0 Å². The molecule has 26 heavy (non-hydrogen) atoms. The van der Waals surface area contributed by atoms with E-state index in [1.165, 1.54) is 21.3 Å². The first kappa shape index (κ1) is 18.5. The van der Waals surface area contributed by atoms with Gasteiger partial charge in [-0.15, -0.1) is 6.42 Å². The third-order valence-electron chi connectivity index (χ3n) is 3.69. The predicted octanol–water partition coefficient (Wildman–Crippen LogP) is 5.10. The molecule has 1 heterocycles. The Hall–Kier alpha value is -2.27. The number of terminal acetylenes is 1. The molecule has 0 aliphatic carbocycles. The summed E-state index contributed by atoms with van der Waals surface area (Å²) < 4.78 is 35.5. The average molecular weight is 482 g/mol. The minimum atomic E-state index is -1.41. The molecule has 0 aliphatic rings.